The lowest BCUT2D eigenvalue weighted by Gasteiger charge is -2.05. The molecule has 0 aliphatic carbocycles. The van der Waals surface area contributed by atoms with Crippen LogP contribution in [0.1, 0.15) is 29.1 Å². The second kappa shape index (κ2) is 8.78. The first-order valence-electron chi connectivity index (χ1n) is 9.55. The van der Waals surface area contributed by atoms with E-state index in [0.29, 0.717) is 35.0 Å². The molecule has 2 heterocycles. The minimum Gasteiger partial charge on any atom is -0.497 e. The molecule has 2 aromatic heterocycles. The Kier molecular flexibility index (Phi) is 5.74. The van der Waals surface area contributed by atoms with E-state index in [1.54, 1.807) is 37.4 Å². The quantitative estimate of drug-likeness (QED) is 0.416. The molecule has 0 saturated carbocycles. The summed E-state index contributed by atoms with van der Waals surface area (Å²) in [6, 6.07) is 12.9. The average molecular weight is 422 g/mol. The first kappa shape index (κ1) is 20.3. The number of rotatable bonds is 7. The number of hydrogen-bond acceptors (Lipinski definition) is 7. The highest BCUT2D eigenvalue weighted by Crippen LogP contribution is 2.27. The lowest BCUT2D eigenvalue weighted by Crippen LogP contribution is -2.06. The Balaban J connectivity index is 1.68. The third-order valence-corrected chi connectivity index (χ3v) is 4.51. The van der Waals surface area contributed by atoms with Crippen molar-refractivity contribution < 1.29 is 23.1 Å². The maximum Gasteiger partial charge on any atom is 0.342 e. The monoisotopic (exact) mass is 422 g/mol. The van der Waals surface area contributed by atoms with Crippen molar-refractivity contribution in [1.29, 1.82) is 0 Å². The number of aryl methyl sites for hydroxylation is 1. The lowest BCUT2D eigenvalue weighted by molar-refractivity contribution is 0.0437. The second-order valence-electron chi connectivity index (χ2n) is 6.56. The Morgan fingerprint density at radius 1 is 1.13 bits per heavy atom. The molecule has 8 nitrogen and oxygen atoms in total. The van der Waals surface area contributed by atoms with Crippen molar-refractivity contribution in [2.75, 3.05) is 7.11 Å². The highest BCUT2D eigenvalue weighted by atomic mass is 19.1. The summed E-state index contributed by atoms with van der Waals surface area (Å²) in [5.74, 6) is 0.314. The van der Waals surface area contributed by atoms with Crippen molar-refractivity contribution in [3.05, 3.63) is 77.9 Å². The number of carbonyl (C=O) groups excluding carboxylic acids is 1. The first-order valence-corrected chi connectivity index (χ1v) is 9.55. The fourth-order valence-corrected chi connectivity index (χ4v) is 2.93. The normalized spacial score (nSPS) is 10.8. The zero-order chi connectivity index (χ0) is 21.8. The standard InChI is InChI=1S/C22H19FN4O4/c1-3-19-24-25-20(31-19)13-30-22(28)18-12-27(16-9-7-15(23)8-10-16)26-21(18)14-5-4-6-17(11-14)29-2/h4-12H,3,13H2,1-2H3. The maximum absolute atomic E-state index is 13.3. The molecule has 0 aliphatic rings. The van der Waals surface area contributed by atoms with E-state index in [1.807, 2.05) is 13.0 Å². The number of hydrogen-bond donors (Lipinski definition) is 0. The van der Waals surface area contributed by atoms with E-state index >= 15 is 0 Å². The number of ether oxygens (including phenoxy) is 2. The Labute approximate surface area is 177 Å². The molecular formula is C22H19FN4O4. The van der Waals surface area contributed by atoms with Crippen LogP contribution >= 0.6 is 0 Å². The topological polar surface area (TPSA) is 92.3 Å². The van der Waals surface area contributed by atoms with Gasteiger partial charge in [-0.25, -0.2) is 13.9 Å². The van der Waals surface area contributed by atoms with Gasteiger partial charge in [0.2, 0.25) is 5.89 Å². The molecule has 0 saturated heterocycles. The molecule has 4 aromatic rings. The number of nitrogens with zero attached hydrogens (tertiary/aromatic N) is 4. The van der Waals surface area contributed by atoms with Gasteiger partial charge in [-0.2, -0.15) is 5.10 Å². The molecular weight excluding hydrogens is 403 g/mol. The number of benzene rings is 2. The first-order chi connectivity index (χ1) is 15.1. The molecule has 158 valence electrons. The van der Waals surface area contributed by atoms with Crippen molar-refractivity contribution in [3.63, 3.8) is 0 Å². The second-order valence-corrected chi connectivity index (χ2v) is 6.56. The van der Waals surface area contributed by atoms with Gasteiger partial charge >= 0.3 is 5.97 Å². The van der Waals surface area contributed by atoms with Crippen LogP contribution in [0.25, 0.3) is 16.9 Å². The van der Waals surface area contributed by atoms with Gasteiger partial charge in [0.1, 0.15) is 22.8 Å². The van der Waals surface area contributed by atoms with Gasteiger partial charge in [-0.1, -0.05) is 19.1 Å². The molecule has 0 N–H and O–H groups in total. The van der Waals surface area contributed by atoms with Gasteiger partial charge in [0.15, 0.2) is 6.61 Å². The summed E-state index contributed by atoms with van der Waals surface area (Å²) in [4.78, 5) is 12.9. The molecule has 9 heteroatoms. The van der Waals surface area contributed by atoms with Crippen LogP contribution in [0.2, 0.25) is 0 Å². The summed E-state index contributed by atoms with van der Waals surface area (Å²) in [5, 5.41) is 12.2. The molecule has 2 aromatic carbocycles. The summed E-state index contributed by atoms with van der Waals surface area (Å²) in [5.41, 5.74) is 1.88. The molecule has 0 bridgehead atoms. The van der Waals surface area contributed by atoms with Crippen LogP contribution in [0.5, 0.6) is 5.75 Å². The molecule has 4 rings (SSSR count). The number of halogens is 1. The van der Waals surface area contributed by atoms with E-state index in [9.17, 15) is 9.18 Å². The molecule has 0 aliphatic heterocycles. The van der Waals surface area contributed by atoms with Gasteiger partial charge in [-0.3, -0.25) is 0 Å². The van der Waals surface area contributed by atoms with E-state index in [2.05, 4.69) is 15.3 Å². The van der Waals surface area contributed by atoms with Crippen LogP contribution in [0, 0.1) is 5.82 Å². The van der Waals surface area contributed by atoms with Crippen molar-refractivity contribution >= 4 is 5.97 Å². The maximum atomic E-state index is 13.3. The summed E-state index contributed by atoms with van der Waals surface area (Å²) in [6.07, 6.45) is 2.13. The summed E-state index contributed by atoms with van der Waals surface area (Å²) in [6.45, 7) is 1.72. The van der Waals surface area contributed by atoms with Crippen LogP contribution in [-0.2, 0) is 17.8 Å². The third-order valence-electron chi connectivity index (χ3n) is 4.51. The van der Waals surface area contributed by atoms with E-state index in [-0.39, 0.29) is 23.9 Å². The minimum atomic E-state index is -0.609. The fraction of sp³-hybridized carbons (Fsp3) is 0.182. The fourth-order valence-electron chi connectivity index (χ4n) is 2.93. The minimum absolute atomic E-state index is 0.162. The smallest absolute Gasteiger partial charge is 0.342 e. The van der Waals surface area contributed by atoms with E-state index in [4.69, 9.17) is 13.9 Å². The van der Waals surface area contributed by atoms with Crippen molar-refractivity contribution in [3.8, 4) is 22.7 Å². The number of carbonyl (C=O) groups is 1. The average Bonchev–Trinajstić information content (AvgIpc) is 3.45. The van der Waals surface area contributed by atoms with Gasteiger partial charge in [0.25, 0.3) is 5.89 Å². The van der Waals surface area contributed by atoms with E-state index in [1.165, 1.54) is 23.0 Å². The number of esters is 1. The van der Waals surface area contributed by atoms with Gasteiger partial charge < -0.3 is 13.9 Å². The largest absolute Gasteiger partial charge is 0.497 e. The van der Waals surface area contributed by atoms with Crippen molar-refractivity contribution in [2.45, 2.75) is 20.0 Å². The Bertz CT molecular complexity index is 1200. The third kappa shape index (κ3) is 4.45. The van der Waals surface area contributed by atoms with Gasteiger partial charge in [0.05, 0.1) is 12.8 Å². The highest BCUT2D eigenvalue weighted by molar-refractivity contribution is 5.96. The molecule has 0 unspecified atom stereocenters. The van der Waals surface area contributed by atoms with Gasteiger partial charge in [-0.15, -0.1) is 10.2 Å². The van der Waals surface area contributed by atoms with Crippen LogP contribution < -0.4 is 4.74 Å². The Morgan fingerprint density at radius 3 is 2.61 bits per heavy atom. The molecule has 0 amide bonds. The van der Waals surface area contributed by atoms with Crippen molar-refractivity contribution in [1.82, 2.24) is 20.0 Å². The predicted octanol–water partition coefficient (Wildman–Crippen LogP) is 3.99. The molecule has 0 spiro atoms. The molecule has 31 heavy (non-hydrogen) atoms. The van der Waals surface area contributed by atoms with Crippen LogP contribution in [0.3, 0.4) is 0 Å². The van der Waals surface area contributed by atoms with E-state index in [0.717, 1.165) is 0 Å². The van der Waals surface area contributed by atoms with Gasteiger partial charge in [0, 0.05) is 18.2 Å². The Hall–Kier alpha value is -4.01. The summed E-state index contributed by atoms with van der Waals surface area (Å²) >= 11 is 0. The van der Waals surface area contributed by atoms with Crippen LogP contribution in [0.4, 0.5) is 4.39 Å². The highest BCUT2D eigenvalue weighted by Gasteiger charge is 2.21. The van der Waals surface area contributed by atoms with Gasteiger partial charge in [-0.05, 0) is 36.4 Å². The number of aromatic nitrogens is 4. The van der Waals surface area contributed by atoms with Crippen molar-refractivity contribution in [2.24, 2.45) is 0 Å². The molecule has 0 atom stereocenters. The summed E-state index contributed by atoms with van der Waals surface area (Å²) in [7, 11) is 1.56. The van der Waals surface area contributed by atoms with Crippen LogP contribution in [-0.4, -0.2) is 33.1 Å². The molecule has 0 radical (unpaired) electrons. The molecule has 0 fully saturated rings. The summed E-state index contributed by atoms with van der Waals surface area (Å²) < 4.78 is 30.8. The zero-order valence-electron chi connectivity index (χ0n) is 16.9. The Morgan fingerprint density at radius 2 is 1.90 bits per heavy atom. The van der Waals surface area contributed by atoms with Crippen LogP contribution in [0.15, 0.2) is 59.1 Å². The predicted molar refractivity (Wildman–Crippen MR) is 108 cm³/mol. The van der Waals surface area contributed by atoms with E-state index < -0.39 is 5.97 Å². The SMILES string of the molecule is CCc1nnc(COC(=O)c2cn(-c3ccc(F)cc3)nc2-c2cccc(OC)c2)o1. The zero-order valence-corrected chi connectivity index (χ0v) is 16.9. The lowest BCUT2D eigenvalue weighted by atomic mass is 10.1. The number of methoxy groups -OCH3 is 1.